The van der Waals surface area contributed by atoms with E-state index in [1.807, 2.05) is 32.7 Å². The maximum atomic E-state index is 6.04. The van der Waals surface area contributed by atoms with Gasteiger partial charge in [0.05, 0.1) is 11.4 Å². The van der Waals surface area contributed by atoms with Gasteiger partial charge in [-0.3, -0.25) is 0 Å². The van der Waals surface area contributed by atoms with Crippen molar-refractivity contribution >= 4 is 23.1 Å². The van der Waals surface area contributed by atoms with Crippen molar-refractivity contribution < 1.29 is 0 Å². The summed E-state index contributed by atoms with van der Waals surface area (Å²) in [6.07, 6.45) is 0. The number of nitrogens with two attached hydrogens (primary N) is 1. The number of fused-ring (bicyclic) bond motifs is 1. The van der Waals surface area contributed by atoms with Gasteiger partial charge in [0.2, 0.25) is 0 Å². The Morgan fingerprint density at radius 2 is 1.44 bits per heavy atom. The van der Waals surface area contributed by atoms with Crippen LogP contribution in [-0.4, -0.2) is 7.05 Å². The second-order valence-corrected chi connectivity index (χ2v) is 7.60. The van der Waals surface area contributed by atoms with E-state index in [9.17, 15) is 0 Å². The highest BCUT2D eigenvalue weighted by atomic mass is 32.2. The molecule has 2 nitrogen and oxygen atoms in total. The summed E-state index contributed by atoms with van der Waals surface area (Å²) in [6, 6.07) is 4.33. The lowest BCUT2D eigenvalue weighted by Crippen LogP contribution is -2.09. The van der Waals surface area contributed by atoms with Crippen LogP contribution in [0, 0.1) is 0 Å². The van der Waals surface area contributed by atoms with Crippen LogP contribution in [0.4, 0.5) is 11.4 Å². The molecule has 0 spiro atoms. The minimum absolute atomic E-state index is 0.152. The lowest BCUT2D eigenvalue weighted by Gasteiger charge is -2.22. The topological polar surface area (TPSA) is 38.0 Å². The fourth-order valence-electron chi connectivity index (χ4n) is 2.58. The van der Waals surface area contributed by atoms with Crippen LogP contribution in [0.25, 0.3) is 0 Å². The van der Waals surface area contributed by atoms with E-state index in [-0.39, 0.29) is 9.49 Å². The summed E-state index contributed by atoms with van der Waals surface area (Å²) in [7, 11) is 1.92. The average Bonchev–Trinajstić information content (AvgIpc) is 2.46. The van der Waals surface area contributed by atoms with E-state index in [1.165, 1.54) is 11.1 Å². The fourth-order valence-corrected chi connectivity index (χ4v) is 4.41. The van der Waals surface area contributed by atoms with Crippen molar-refractivity contribution in [1.82, 2.24) is 0 Å². The highest BCUT2D eigenvalue weighted by Crippen LogP contribution is 2.58. The summed E-state index contributed by atoms with van der Waals surface area (Å²) < 4.78 is 0.317. The summed E-state index contributed by atoms with van der Waals surface area (Å²) in [4.78, 5) is 0. The van der Waals surface area contributed by atoms with Crippen molar-refractivity contribution in [2.24, 2.45) is 0 Å². The normalized spacial score (nSPS) is 18.6. The molecule has 0 radical (unpaired) electrons. The molecule has 3 N–H and O–H groups in total. The van der Waals surface area contributed by atoms with Gasteiger partial charge in [-0.1, -0.05) is 13.8 Å². The van der Waals surface area contributed by atoms with Gasteiger partial charge in [0.25, 0.3) is 0 Å². The van der Waals surface area contributed by atoms with Crippen LogP contribution in [0.1, 0.15) is 52.7 Å². The second-order valence-electron chi connectivity index (χ2n) is 5.36. The number of hydrogen-bond acceptors (Lipinski definition) is 3. The SMILES string of the molecule is CC.CNc1cc2c(cc1N)C(C)(C)SC2(C)C. The Bertz CT molecular complexity index is 436. The molecule has 1 aliphatic heterocycles. The van der Waals surface area contributed by atoms with Crippen molar-refractivity contribution in [2.45, 2.75) is 51.0 Å². The number of anilines is 2. The number of benzene rings is 1. The quantitative estimate of drug-likeness (QED) is 0.732. The van der Waals surface area contributed by atoms with Gasteiger partial charge in [-0.2, -0.15) is 0 Å². The van der Waals surface area contributed by atoms with Gasteiger partial charge in [-0.05, 0) is 51.0 Å². The zero-order valence-electron chi connectivity index (χ0n) is 12.6. The molecule has 0 saturated carbocycles. The monoisotopic (exact) mass is 266 g/mol. The smallest absolute Gasteiger partial charge is 0.0574 e. The number of nitrogen functional groups attached to an aromatic ring is 1. The number of hydrogen-bond donors (Lipinski definition) is 2. The Hall–Kier alpha value is -0.830. The lowest BCUT2D eigenvalue weighted by atomic mass is 9.89. The average molecular weight is 266 g/mol. The van der Waals surface area contributed by atoms with E-state index in [1.54, 1.807) is 0 Å². The predicted octanol–water partition coefficient (Wildman–Crippen LogP) is 4.55. The van der Waals surface area contributed by atoms with E-state index < -0.39 is 0 Å². The first-order valence-corrected chi connectivity index (χ1v) is 7.42. The first-order chi connectivity index (χ1) is 8.28. The van der Waals surface area contributed by atoms with E-state index in [4.69, 9.17) is 5.73 Å². The van der Waals surface area contributed by atoms with Crippen LogP contribution in [0.2, 0.25) is 0 Å². The Kier molecular flexibility index (Phi) is 4.26. The predicted molar refractivity (Wildman–Crippen MR) is 85.4 cm³/mol. The summed E-state index contributed by atoms with van der Waals surface area (Å²) in [5.74, 6) is 0. The third kappa shape index (κ3) is 2.46. The molecule has 2 rings (SSSR count). The van der Waals surface area contributed by atoms with E-state index in [2.05, 4.69) is 45.1 Å². The van der Waals surface area contributed by atoms with Crippen molar-refractivity contribution in [1.29, 1.82) is 0 Å². The summed E-state index contributed by atoms with van der Waals surface area (Å²) in [6.45, 7) is 13.1. The first kappa shape index (κ1) is 15.2. The zero-order chi connectivity index (χ0) is 14.1. The Morgan fingerprint density at radius 3 is 1.89 bits per heavy atom. The van der Waals surface area contributed by atoms with Gasteiger partial charge in [0, 0.05) is 16.5 Å². The van der Waals surface area contributed by atoms with Gasteiger partial charge in [-0.25, -0.2) is 0 Å². The molecular formula is C15H26N2S. The molecule has 0 atom stereocenters. The molecule has 1 aromatic rings. The minimum Gasteiger partial charge on any atom is -0.397 e. The fraction of sp³-hybridized carbons (Fsp3) is 0.600. The van der Waals surface area contributed by atoms with Crippen molar-refractivity contribution in [3.8, 4) is 0 Å². The molecule has 0 aliphatic carbocycles. The number of nitrogens with one attached hydrogen (secondary N) is 1. The molecule has 1 aliphatic rings. The molecule has 1 aromatic carbocycles. The van der Waals surface area contributed by atoms with Crippen molar-refractivity contribution in [3.05, 3.63) is 23.3 Å². The van der Waals surface area contributed by atoms with Gasteiger partial charge in [0.15, 0.2) is 0 Å². The van der Waals surface area contributed by atoms with Crippen LogP contribution >= 0.6 is 11.8 Å². The lowest BCUT2D eigenvalue weighted by molar-refractivity contribution is 0.788. The molecule has 3 heteroatoms. The molecule has 18 heavy (non-hydrogen) atoms. The highest BCUT2D eigenvalue weighted by molar-refractivity contribution is 8.01. The zero-order valence-corrected chi connectivity index (χ0v) is 13.5. The summed E-state index contributed by atoms with van der Waals surface area (Å²) in [5.41, 5.74) is 10.7. The van der Waals surface area contributed by atoms with Crippen LogP contribution in [0.5, 0.6) is 0 Å². The first-order valence-electron chi connectivity index (χ1n) is 6.60. The third-order valence-electron chi connectivity index (χ3n) is 3.27. The maximum absolute atomic E-state index is 6.04. The Labute approximate surface area is 116 Å². The maximum Gasteiger partial charge on any atom is 0.0574 e. The molecular weight excluding hydrogens is 240 g/mol. The Morgan fingerprint density at radius 1 is 1.00 bits per heavy atom. The molecule has 0 fully saturated rings. The Balaban J connectivity index is 0.000000771. The molecule has 0 bridgehead atoms. The van der Waals surface area contributed by atoms with Gasteiger partial charge < -0.3 is 11.1 Å². The molecule has 0 saturated heterocycles. The minimum atomic E-state index is 0.152. The van der Waals surface area contributed by atoms with Crippen LogP contribution in [-0.2, 0) is 9.49 Å². The van der Waals surface area contributed by atoms with Crippen LogP contribution in [0.15, 0.2) is 12.1 Å². The highest BCUT2D eigenvalue weighted by Gasteiger charge is 2.43. The van der Waals surface area contributed by atoms with E-state index in [0.717, 1.165) is 11.4 Å². The molecule has 0 amide bonds. The second kappa shape index (κ2) is 5.04. The largest absolute Gasteiger partial charge is 0.397 e. The number of thioether (sulfide) groups is 1. The van der Waals surface area contributed by atoms with Gasteiger partial charge in [0.1, 0.15) is 0 Å². The molecule has 0 aromatic heterocycles. The molecule has 102 valence electrons. The van der Waals surface area contributed by atoms with Gasteiger partial charge in [-0.15, -0.1) is 11.8 Å². The van der Waals surface area contributed by atoms with E-state index >= 15 is 0 Å². The third-order valence-corrected chi connectivity index (χ3v) is 4.73. The summed E-state index contributed by atoms with van der Waals surface area (Å²) >= 11 is 2.00. The van der Waals surface area contributed by atoms with Crippen LogP contribution < -0.4 is 11.1 Å². The van der Waals surface area contributed by atoms with E-state index in [0.29, 0.717) is 0 Å². The van der Waals surface area contributed by atoms with Crippen molar-refractivity contribution in [3.63, 3.8) is 0 Å². The number of rotatable bonds is 1. The van der Waals surface area contributed by atoms with Gasteiger partial charge >= 0.3 is 0 Å². The standard InChI is InChI=1S/C13H20N2S.C2H6/c1-12(2)8-6-10(14)11(15-5)7-9(8)13(3,4)16-12;1-2/h6-7,15H,14H2,1-5H3;1-2H3. The van der Waals surface area contributed by atoms with Crippen molar-refractivity contribution in [2.75, 3.05) is 18.1 Å². The summed E-state index contributed by atoms with van der Waals surface area (Å²) in [5, 5.41) is 3.16. The molecule has 1 heterocycles. The molecule has 0 unspecified atom stereocenters. The van der Waals surface area contributed by atoms with Crippen LogP contribution in [0.3, 0.4) is 0 Å².